The van der Waals surface area contributed by atoms with Gasteiger partial charge >= 0.3 is 0 Å². The second-order valence-corrected chi connectivity index (χ2v) is 7.46. The predicted octanol–water partition coefficient (Wildman–Crippen LogP) is 2.88. The van der Waals surface area contributed by atoms with Crippen molar-refractivity contribution >= 4 is 27.6 Å². The SMILES string of the molecule is Cc1ccc(S(=O)(=O)[C@@H]2COC=N2)cc1-c1ccsc1. The predicted molar refractivity (Wildman–Crippen MR) is 79.9 cm³/mol. The number of hydrogen-bond acceptors (Lipinski definition) is 5. The molecule has 0 N–H and O–H groups in total. The molecule has 4 nitrogen and oxygen atoms in total. The van der Waals surface area contributed by atoms with Gasteiger partial charge in [-0.1, -0.05) is 6.07 Å². The highest BCUT2D eigenvalue weighted by Gasteiger charge is 2.30. The molecule has 20 heavy (non-hydrogen) atoms. The Morgan fingerprint density at radius 2 is 2.20 bits per heavy atom. The quantitative estimate of drug-likeness (QED) is 0.876. The van der Waals surface area contributed by atoms with E-state index < -0.39 is 15.2 Å². The maximum Gasteiger partial charge on any atom is 0.204 e. The lowest BCUT2D eigenvalue weighted by atomic mass is 10.0. The van der Waals surface area contributed by atoms with Crippen LogP contribution in [0.25, 0.3) is 11.1 Å². The Balaban J connectivity index is 2.07. The van der Waals surface area contributed by atoms with Crippen molar-refractivity contribution in [3.63, 3.8) is 0 Å². The summed E-state index contributed by atoms with van der Waals surface area (Å²) in [6.45, 7) is 2.06. The van der Waals surface area contributed by atoms with Gasteiger partial charge in [0.25, 0.3) is 0 Å². The third kappa shape index (κ3) is 2.25. The molecule has 0 saturated heterocycles. The van der Waals surface area contributed by atoms with Crippen molar-refractivity contribution < 1.29 is 13.2 Å². The molecule has 1 aliphatic rings. The van der Waals surface area contributed by atoms with Crippen LogP contribution in [0.5, 0.6) is 0 Å². The number of thiophene rings is 1. The number of aliphatic imine (C=N–C) groups is 1. The zero-order valence-electron chi connectivity index (χ0n) is 10.8. The first kappa shape index (κ1) is 13.3. The lowest BCUT2D eigenvalue weighted by Crippen LogP contribution is -2.20. The van der Waals surface area contributed by atoms with Crippen molar-refractivity contribution in [3.8, 4) is 11.1 Å². The Labute approximate surface area is 121 Å². The van der Waals surface area contributed by atoms with E-state index in [-0.39, 0.29) is 11.5 Å². The summed E-state index contributed by atoms with van der Waals surface area (Å²) < 4.78 is 29.9. The van der Waals surface area contributed by atoms with Crippen LogP contribution in [0.2, 0.25) is 0 Å². The number of rotatable bonds is 3. The number of ether oxygens (including phenoxy) is 1. The lowest BCUT2D eigenvalue weighted by molar-refractivity contribution is 0.349. The largest absolute Gasteiger partial charge is 0.480 e. The van der Waals surface area contributed by atoms with Crippen molar-refractivity contribution in [2.45, 2.75) is 17.2 Å². The van der Waals surface area contributed by atoms with Gasteiger partial charge in [0.15, 0.2) is 11.8 Å². The maximum absolute atomic E-state index is 12.5. The fourth-order valence-electron chi connectivity index (χ4n) is 2.11. The summed E-state index contributed by atoms with van der Waals surface area (Å²) in [7, 11) is -3.49. The molecule has 2 heterocycles. The highest BCUT2D eigenvalue weighted by Crippen LogP contribution is 2.29. The number of sulfone groups is 1. The number of nitrogens with zero attached hydrogens (tertiary/aromatic N) is 1. The van der Waals surface area contributed by atoms with Gasteiger partial charge in [0, 0.05) is 0 Å². The van der Waals surface area contributed by atoms with E-state index in [0.717, 1.165) is 16.7 Å². The van der Waals surface area contributed by atoms with E-state index in [0.29, 0.717) is 0 Å². The van der Waals surface area contributed by atoms with Gasteiger partial charge in [0.1, 0.15) is 6.61 Å². The molecule has 0 fully saturated rings. The summed E-state index contributed by atoms with van der Waals surface area (Å²) in [5.41, 5.74) is 3.03. The van der Waals surface area contributed by atoms with Gasteiger partial charge in [-0.2, -0.15) is 11.3 Å². The average molecular weight is 307 g/mol. The van der Waals surface area contributed by atoms with E-state index in [1.807, 2.05) is 29.8 Å². The zero-order valence-corrected chi connectivity index (χ0v) is 12.4. The summed E-state index contributed by atoms with van der Waals surface area (Å²) in [4.78, 5) is 4.15. The molecule has 104 valence electrons. The minimum atomic E-state index is -3.49. The number of benzene rings is 1. The van der Waals surface area contributed by atoms with Gasteiger partial charge in [-0.05, 0) is 52.6 Å². The summed E-state index contributed by atoms with van der Waals surface area (Å²) in [6, 6.07) is 7.18. The topological polar surface area (TPSA) is 55.7 Å². The van der Waals surface area contributed by atoms with Crippen LogP contribution in [0, 0.1) is 6.92 Å². The lowest BCUT2D eigenvalue weighted by Gasteiger charge is -2.11. The molecule has 1 aliphatic heterocycles. The van der Waals surface area contributed by atoms with Crippen molar-refractivity contribution in [3.05, 3.63) is 40.6 Å². The second kappa shape index (κ2) is 5.03. The minimum absolute atomic E-state index is 0.0873. The molecule has 0 aliphatic carbocycles. The molecule has 1 atom stereocenters. The van der Waals surface area contributed by atoms with E-state index in [1.165, 1.54) is 6.40 Å². The summed E-state index contributed by atoms with van der Waals surface area (Å²) in [6.07, 6.45) is 1.20. The molecule has 2 aromatic rings. The third-order valence-corrected chi connectivity index (χ3v) is 5.84. The summed E-state index contributed by atoms with van der Waals surface area (Å²) in [5, 5.41) is 3.15. The van der Waals surface area contributed by atoms with Gasteiger partial charge < -0.3 is 4.74 Å². The molecule has 0 radical (unpaired) electrons. The third-order valence-electron chi connectivity index (χ3n) is 3.27. The van der Waals surface area contributed by atoms with E-state index in [4.69, 9.17) is 4.74 Å². The van der Waals surface area contributed by atoms with Crippen LogP contribution in [0.1, 0.15) is 5.56 Å². The van der Waals surface area contributed by atoms with E-state index in [1.54, 1.807) is 23.5 Å². The van der Waals surface area contributed by atoms with Crippen LogP contribution < -0.4 is 0 Å². The summed E-state index contributed by atoms with van der Waals surface area (Å²) in [5.74, 6) is 0. The standard InChI is InChI=1S/C14H13NO3S2/c1-10-2-3-12(6-13(10)11-4-5-19-8-11)20(16,17)14-7-18-9-15-14/h2-6,8-9,14H,7H2,1H3/t14-/m1/s1. The molecule has 3 rings (SSSR count). The highest BCUT2D eigenvalue weighted by atomic mass is 32.2. The normalized spacial score (nSPS) is 18.1. The molecule has 6 heteroatoms. The van der Waals surface area contributed by atoms with Gasteiger partial charge in [-0.15, -0.1) is 0 Å². The monoisotopic (exact) mass is 307 g/mol. The van der Waals surface area contributed by atoms with Crippen LogP contribution in [0.4, 0.5) is 0 Å². The van der Waals surface area contributed by atoms with Gasteiger partial charge in [-0.3, -0.25) is 0 Å². The first-order valence-electron chi connectivity index (χ1n) is 6.09. The molecule has 1 aromatic heterocycles. The van der Waals surface area contributed by atoms with Crippen molar-refractivity contribution in [1.82, 2.24) is 0 Å². The highest BCUT2D eigenvalue weighted by molar-refractivity contribution is 7.92. The van der Waals surface area contributed by atoms with Crippen molar-refractivity contribution in [2.24, 2.45) is 4.99 Å². The van der Waals surface area contributed by atoms with E-state index in [9.17, 15) is 8.42 Å². The number of hydrogen-bond donors (Lipinski definition) is 0. The Bertz CT molecular complexity index is 749. The molecule has 0 amide bonds. The van der Waals surface area contributed by atoms with Crippen molar-refractivity contribution in [2.75, 3.05) is 6.61 Å². The fourth-order valence-corrected chi connectivity index (χ4v) is 4.09. The van der Waals surface area contributed by atoms with Crippen LogP contribution in [-0.4, -0.2) is 26.8 Å². The minimum Gasteiger partial charge on any atom is -0.480 e. The van der Waals surface area contributed by atoms with Crippen LogP contribution >= 0.6 is 11.3 Å². The first-order valence-corrected chi connectivity index (χ1v) is 8.58. The molecule has 0 unspecified atom stereocenters. The zero-order chi connectivity index (χ0) is 14.2. The van der Waals surface area contributed by atoms with Gasteiger partial charge in [0.2, 0.25) is 9.84 Å². The number of aryl methyl sites for hydroxylation is 1. The van der Waals surface area contributed by atoms with Crippen LogP contribution in [-0.2, 0) is 14.6 Å². The van der Waals surface area contributed by atoms with Gasteiger partial charge in [0.05, 0.1) is 4.90 Å². The first-order chi connectivity index (χ1) is 9.59. The smallest absolute Gasteiger partial charge is 0.204 e. The average Bonchev–Trinajstić information content (AvgIpc) is 3.12. The van der Waals surface area contributed by atoms with Gasteiger partial charge in [-0.25, -0.2) is 13.4 Å². The molecule has 0 bridgehead atoms. The Hall–Kier alpha value is -1.66. The molecule has 1 aromatic carbocycles. The second-order valence-electron chi connectivity index (χ2n) is 4.58. The van der Waals surface area contributed by atoms with Crippen molar-refractivity contribution in [1.29, 1.82) is 0 Å². The Morgan fingerprint density at radius 1 is 1.35 bits per heavy atom. The molecular weight excluding hydrogens is 294 g/mol. The Morgan fingerprint density at radius 3 is 2.85 bits per heavy atom. The summed E-state index contributed by atoms with van der Waals surface area (Å²) >= 11 is 1.59. The maximum atomic E-state index is 12.5. The van der Waals surface area contributed by atoms with Crippen LogP contribution in [0.3, 0.4) is 0 Å². The van der Waals surface area contributed by atoms with E-state index >= 15 is 0 Å². The Kier molecular flexibility index (Phi) is 3.35. The molecule has 0 spiro atoms. The van der Waals surface area contributed by atoms with E-state index in [2.05, 4.69) is 4.99 Å². The fraction of sp³-hybridized carbons (Fsp3) is 0.214. The molecule has 0 saturated carbocycles. The molecular formula is C14H13NO3S2. The van der Waals surface area contributed by atoms with Crippen LogP contribution in [0.15, 0.2) is 44.9 Å².